The number of amides is 1. The summed E-state index contributed by atoms with van der Waals surface area (Å²) in [5.74, 6) is -1.20. The number of nitrogens with zero attached hydrogens (tertiary/aromatic N) is 1. The van der Waals surface area contributed by atoms with Crippen molar-refractivity contribution in [1.29, 1.82) is 0 Å². The molecule has 0 bridgehead atoms. The summed E-state index contributed by atoms with van der Waals surface area (Å²) in [6, 6.07) is 17.9. The van der Waals surface area contributed by atoms with Gasteiger partial charge < -0.3 is 10.1 Å². The number of sulfonamides is 1. The number of ether oxygens (including phenoxy) is 1. The maximum absolute atomic E-state index is 13.3. The first-order valence-electron chi connectivity index (χ1n) is 9.22. The van der Waals surface area contributed by atoms with Crippen LogP contribution in [0.2, 0.25) is 5.02 Å². The van der Waals surface area contributed by atoms with E-state index in [4.69, 9.17) is 11.6 Å². The molecular weight excluding hydrogens is 440 g/mol. The Hall–Kier alpha value is -3.36. The molecule has 1 aliphatic rings. The highest BCUT2D eigenvalue weighted by molar-refractivity contribution is 7.93. The lowest BCUT2D eigenvalue weighted by Gasteiger charge is -2.31. The van der Waals surface area contributed by atoms with Crippen molar-refractivity contribution in [2.75, 3.05) is 23.3 Å². The van der Waals surface area contributed by atoms with Crippen LogP contribution in [0.5, 0.6) is 0 Å². The van der Waals surface area contributed by atoms with Crippen LogP contribution < -0.4 is 9.62 Å². The van der Waals surface area contributed by atoms with Crippen molar-refractivity contribution in [3.05, 3.63) is 77.3 Å². The molecule has 1 amide bonds. The number of hydrogen-bond donors (Lipinski definition) is 1. The zero-order chi connectivity index (χ0) is 22.2. The van der Waals surface area contributed by atoms with Crippen LogP contribution in [-0.2, 0) is 19.6 Å². The van der Waals surface area contributed by atoms with Crippen molar-refractivity contribution in [3.8, 4) is 11.1 Å². The van der Waals surface area contributed by atoms with Gasteiger partial charge in [0.15, 0.2) is 0 Å². The van der Waals surface area contributed by atoms with Crippen molar-refractivity contribution in [3.63, 3.8) is 0 Å². The van der Waals surface area contributed by atoms with Gasteiger partial charge in [-0.15, -0.1) is 0 Å². The summed E-state index contributed by atoms with van der Waals surface area (Å²) in [5.41, 5.74) is 2.09. The quantitative estimate of drug-likeness (QED) is 0.600. The second kappa shape index (κ2) is 8.05. The van der Waals surface area contributed by atoms with Crippen molar-refractivity contribution >= 4 is 44.9 Å². The maximum atomic E-state index is 13.3. The fraction of sp³-hybridized carbons (Fsp3) is 0.0909. The number of methoxy groups -OCH3 is 1. The summed E-state index contributed by atoms with van der Waals surface area (Å²) in [6.45, 7) is -0.466. The molecule has 158 valence electrons. The van der Waals surface area contributed by atoms with Crippen LogP contribution in [0.15, 0.2) is 71.6 Å². The average molecular weight is 457 g/mol. The van der Waals surface area contributed by atoms with E-state index in [0.717, 1.165) is 4.31 Å². The minimum atomic E-state index is -3.95. The molecule has 7 nitrogen and oxygen atoms in total. The van der Waals surface area contributed by atoms with Gasteiger partial charge in [-0.3, -0.25) is 9.10 Å². The Labute approximate surface area is 184 Å². The molecule has 1 aliphatic heterocycles. The Balaban J connectivity index is 1.67. The molecule has 0 spiro atoms. The zero-order valence-electron chi connectivity index (χ0n) is 16.3. The number of benzene rings is 3. The lowest BCUT2D eigenvalue weighted by atomic mass is 10.0. The average Bonchev–Trinajstić information content (AvgIpc) is 2.77. The number of nitrogens with one attached hydrogen (secondary N) is 1. The molecule has 1 N–H and O–H groups in total. The lowest BCUT2D eigenvalue weighted by molar-refractivity contribution is -0.114. The summed E-state index contributed by atoms with van der Waals surface area (Å²) in [4.78, 5) is 24.7. The number of carbonyl (C=O) groups excluding carboxylic acids is 2. The highest BCUT2D eigenvalue weighted by atomic mass is 35.5. The van der Waals surface area contributed by atoms with Crippen molar-refractivity contribution in [1.82, 2.24) is 0 Å². The van der Waals surface area contributed by atoms with E-state index >= 15 is 0 Å². The van der Waals surface area contributed by atoms with Gasteiger partial charge in [-0.2, -0.15) is 0 Å². The van der Waals surface area contributed by atoms with Gasteiger partial charge in [-0.1, -0.05) is 48.0 Å². The molecule has 31 heavy (non-hydrogen) atoms. The lowest BCUT2D eigenvalue weighted by Crippen LogP contribution is -2.40. The van der Waals surface area contributed by atoms with Gasteiger partial charge in [-0.25, -0.2) is 13.2 Å². The van der Waals surface area contributed by atoms with E-state index in [0.29, 0.717) is 16.8 Å². The molecule has 1 heterocycles. The first-order chi connectivity index (χ1) is 14.8. The van der Waals surface area contributed by atoms with Crippen LogP contribution in [0.4, 0.5) is 11.4 Å². The fourth-order valence-corrected chi connectivity index (χ4v) is 5.25. The number of para-hydroxylation sites is 1. The van der Waals surface area contributed by atoms with Crippen LogP contribution in [0.1, 0.15) is 10.4 Å². The van der Waals surface area contributed by atoms with Crippen LogP contribution >= 0.6 is 11.6 Å². The Kier molecular flexibility index (Phi) is 5.43. The standard InChI is InChI=1S/C22H17ClN2O5S/c1-30-22(27)14-10-11-17(23)18(12-14)24-21(26)13-25-19-8-4-2-6-15(19)16-7-3-5-9-20(16)31(25,28)29/h2-12H,13H2,1H3,(H,24,26). The molecule has 9 heteroatoms. The molecule has 3 aromatic carbocycles. The van der Waals surface area contributed by atoms with Gasteiger partial charge in [0.1, 0.15) is 6.54 Å². The van der Waals surface area contributed by atoms with Gasteiger partial charge >= 0.3 is 5.97 Å². The summed E-state index contributed by atoms with van der Waals surface area (Å²) in [5, 5.41) is 2.79. The molecule has 0 radical (unpaired) electrons. The number of halogens is 1. The monoisotopic (exact) mass is 456 g/mol. The Morgan fingerprint density at radius 2 is 1.68 bits per heavy atom. The number of hydrogen-bond acceptors (Lipinski definition) is 5. The normalized spacial score (nSPS) is 13.7. The van der Waals surface area contributed by atoms with Crippen LogP contribution in [-0.4, -0.2) is 33.9 Å². The molecule has 0 saturated carbocycles. The highest BCUT2D eigenvalue weighted by Crippen LogP contribution is 2.42. The summed E-state index contributed by atoms with van der Waals surface area (Å²) in [7, 11) is -2.71. The van der Waals surface area contributed by atoms with Crippen molar-refractivity contribution < 1.29 is 22.7 Å². The van der Waals surface area contributed by atoms with E-state index in [2.05, 4.69) is 10.1 Å². The van der Waals surface area contributed by atoms with E-state index in [-0.39, 0.29) is 21.2 Å². The molecule has 0 atom stereocenters. The van der Waals surface area contributed by atoms with Gasteiger partial charge in [0.2, 0.25) is 5.91 Å². The summed E-state index contributed by atoms with van der Waals surface area (Å²) < 4.78 is 32.3. The largest absolute Gasteiger partial charge is 0.465 e. The molecule has 4 rings (SSSR count). The Morgan fingerprint density at radius 1 is 1.00 bits per heavy atom. The van der Waals surface area contributed by atoms with Gasteiger partial charge in [0, 0.05) is 11.1 Å². The maximum Gasteiger partial charge on any atom is 0.337 e. The van der Waals surface area contributed by atoms with Crippen LogP contribution in [0.25, 0.3) is 11.1 Å². The van der Waals surface area contributed by atoms with E-state index in [1.165, 1.54) is 31.4 Å². The molecule has 3 aromatic rings. The molecule has 0 fully saturated rings. The van der Waals surface area contributed by atoms with Crippen LogP contribution in [0, 0.1) is 0 Å². The first-order valence-corrected chi connectivity index (χ1v) is 11.0. The Bertz CT molecular complexity index is 1310. The molecule has 0 aliphatic carbocycles. The van der Waals surface area contributed by atoms with E-state index in [1.807, 2.05) is 12.1 Å². The van der Waals surface area contributed by atoms with Gasteiger partial charge in [-0.05, 0) is 30.3 Å². The summed E-state index contributed by atoms with van der Waals surface area (Å²) >= 11 is 6.14. The minimum Gasteiger partial charge on any atom is -0.465 e. The number of carbonyl (C=O) groups is 2. The molecule has 0 saturated heterocycles. The number of fused-ring (bicyclic) bond motifs is 3. The minimum absolute atomic E-state index is 0.132. The number of anilines is 2. The molecule has 0 aromatic heterocycles. The zero-order valence-corrected chi connectivity index (χ0v) is 17.9. The van der Waals surface area contributed by atoms with Crippen molar-refractivity contribution in [2.45, 2.75) is 4.90 Å². The van der Waals surface area contributed by atoms with Crippen LogP contribution in [0.3, 0.4) is 0 Å². The Morgan fingerprint density at radius 3 is 2.42 bits per heavy atom. The van der Waals surface area contributed by atoms with E-state index < -0.39 is 28.4 Å². The first kappa shape index (κ1) is 20.9. The molecular formula is C22H17ClN2O5S. The topological polar surface area (TPSA) is 92.8 Å². The number of esters is 1. The molecule has 0 unspecified atom stereocenters. The van der Waals surface area contributed by atoms with E-state index in [9.17, 15) is 18.0 Å². The second-order valence-corrected chi connectivity index (χ2v) is 9.00. The summed E-state index contributed by atoms with van der Waals surface area (Å²) in [6.07, 6.45) is 0. The highest BCUT2D eigenvalue weighted by Gasteiger charge is 2.35. The van der Waals surface area contributed by atoms with E-state index in [1.54, 1.807) is 30.3 Å². The third-order valence-corrected chi connectivity index (χ3v) is 7.01. The van der Waals surface area contributed by atoms with Gasteiger partial charge in [0.25, 0.3) is 10.0 Å². The SMILES string of the molecule is COC(=O)c1ccc(Cl)c(NC(=O)CN2c3ccccc3-c3ccccc3S2(=O)=O)c1. The predicted molar refractivity (Wildman–Crippen MR) is 118 cm³/mol. The third-order valence-electron chi connectivity index (χ3n) is 4.87. The third kappa shape index (κ3) is 3.75. The number of rotatable bonds is 4. The second-order valence-electron chi connectivity index (χ2n) is 6.76. The van der Waals surface area contributed by atoms with Crippen molar-refractivity contribution in [2.24, 2.45) is 0 Å². The fourth-order valence-electron chi connectivity index (χ4n) is 3.44. The smallest absolute Gasteiger partial charge is 0.337 e. The predicted octanol–water partition coefficient (Wildman–Crippen LogP) is 3.94. The van der Waals surface area contributed by atoms with Gasteiger partial charge in [0.05, 0.1) is 34.0 Å².